The van der Waals surface area contributed by atoms with Gasteiger partial charge in [0, 0.05) is 17.3 Å². The number of hydrogen-bond donors (Lipinski definition) is 2. The Hall–Kier alpha value is -2.32. The minimum absolute atomic E-state index is 0.0586. The van der Waals surface area contributed by atoms with Gasteiger partial charge in [-0.15, -0.1) is 18.3 Å². The summed E-state index contributed by atoms with van der Waals surface area (Å²) in [5.41, 5.74) is 0.729. The third kappa shape index (κ3) is 3.89. The second-order valence-electron chi connectivity index (χ2n) is 10.3. The highest BCUT2D eigenvalue weighted by molar-refractivity contribution is 8.02. The molecule has 1 aromatic carbocycles. The minimum Gasteiger partial charge on any atom is -0.481 e. The Balaban J connectivity index is 1.87. The SMILES string of the molecule is C=CCN(C(=O)C1N([C@H](CO)c2ccccc2)C(=O)[C@@H]2[C@H](C(=O)O)[C@]3(C)CCC12S3)C(C)CCC. The van der Waals surface area contributed by atoms with Crippen molar-refractivity contribution in [2.45, 2.75) is 74.1 Å². The maximum atomic E-state index is 14.4. The number of fused-ring (bicyclic) bond motifs is 1. The number of aliphatic hydroxyl groups is 1. The van der Waals surface area contributed by atoms with Gasteiger partial charge >= 0.3 is 5.97 Å². The first kappa shape index (κ1) is 25.8. The summed E-state index contributed by atoms with van der Waals surface area (Å²) in [6, 6.07) is 7.56. The van der Waals surface area contributed by atoms with Gasteiger partial charge in [0.05, 0.1) is 29.2 Å². The van der Waals surface area contributed by atoms with Crippen LogP contribution in [0, 0.1) is 11.8 Å². The van der Waals surface area contributed by atoms with Crippen LogP contribution < -0.4 is 0 Å². The third-order valence-corrected chi connectivity index (χ3v) is 10.2. The van der Waals surface area contributed by atoms with E-state index < -0.39 is 39.4 Å². The quantitative estimate of drug-likeness (QED) is 0.477. The number of carbonyl (C=O) groups excluding carboxylic acids is 2. The predicted molar refractivity (Wildman–Crippen MR) is 136 cm³/mol. The van der Waals surface area contributed by atoms with Crippen LogP contribution in [0.5, 0.6) is 0 Å². The molecule has 2 bridgehead atoms. The molecule has 3 heterocycles. The summed E-state index contributed by atoms with van der Waals surface area (Å²) in [6.45, 7) is 9.83. The minimum atomic E-state index is -0.990. The molecule has 3 aliphatic rings. The van der Waals surface area contributed by atoms with Crippen molar-refractivity contribution in [2.24, 2.45) is 11.8 Å². The normalized spacial score (nSPS) is 32.9. The van der Waals surface area contributed by atoms with E-state index in [1.165, 1.54) is 16.7 Å². The highest BCUT2D eigenvalue weighted by atomic mass is 32.2. The summed E-state index contributed by atoms with van der Waals surface area (Å²) in [5.74, 6) is -3.18. The lowest BCUT2D eigenvalue weighted by atomic mass is 9.66. The summed E-state index contributed by atoms with van der Waals surface area (Å²) in [4.78, 5) is 44.3. The molecule has 0 saturated carbocycles. The molecule has 8 heteroatoms. The molecule has 0 aliphatic carbocycles. The summed E-state index contributed by atoms with van der Waals surface area (Å²) < 4.78 is -1.43. The van der Waals surface area contributed by atoms with E-state index in [0.29, 0.717) is 19.4 Å². The molecular weight excluding hydrogens is 464 g/mol. The first-order valence-corrected chi connectivity index (χ1v) is 13.3. The topological polar surface area (TPSA) is 98.2 Å². The number of benzene rings is 1. The van der Waals surface area contributed by atoms with Crippen LogP contribution in [-0.2, 0) is 14.4 Å². The average Bonchev–Trinajstić information content (AvgIpc) is 3.39. The molecule has 4 rings (SSSR count). The largest absolute Gasteiger partial charge is 0.481 e. The molecule has 1 spiro atoms. The second kappa shape index (κ2) is 9.62. The van der Waals surface area contributed by atoms with E-state index in [-0.39, 0.29) is 24.5 Å². The van der Waals surface area contributed by atoms with E-state index >= 15 is 0 Å². The van der Waals surface area contributed by atoms with Gasteiger partial charge < -0.3 is 20.0 Å². The number of likely N-dealkylation sites (tertiary alicyclic amines) is 1. The second-order valence-corrected chi connectivity index (χ2v) is 12.2. The summed E-state index contributed by atoms with van der Waals surface area (Å²) in [7, 11) is 0. The van der Waals surface area contributed by atoms with Crippen LogP contribution in [0.15, 0.2) is 43.0 Å². The van der Waals surface area contributed by atoms with Crippen molar-refractivity contribution in [3.8, 4) is 0 Å². The molecule has 7 atom stereocenters. The van der Waals surface area contributed by atoms with Crippen molar-refractivity contribution in [2.75, 3.05) is 13.2 Å². The molecule has 7 nitrogen and oxygen atoms in total. The van der Waals surface area contributed by atoms with Crippen molar-refractivity contribution in [1.29, 1.82) is 0 Å². The lowest BCUT2D eigenvalue weighted by Gasteiger charge is -2.41. The van der Waals surface area contributed by atoms with E-state index in [4.69, 9.17) is 0 Å². The number of aliphatic carboxylic acids is 1. The van der Waals surface area contributed by atoms with Crippen LogP contribution in [0.4, 0.5) is 0 Å². The van der Waals surface area contributed by atoms with Gasteiger partial charge in [-0.3, -0.25) is 14.4 Å². The average molecular weight is 501 g/mol. The highest BCUT2D eigenvalue weighted by Crippen LogP contribution is 2.72. The lowest BCUT2D eigenvalue weighted by Crippen LogP contribution is -2.57. The number of aliphatic hydroxyl groups excluding tert-OH is 1. The molecule has 2 N–H and O–H groups in total. The van der Waals surface area contributed by atoms with Crippen molar-refractivity contribution in [3.63, 3.8) is 0 Å². The summed E-state index contributed by atoms with van der Waals surface area (Å²) in [6.07, 6.45) is 4.64. The standard InChI is InChI=1S/C27H36N2O5S/c1-5-10-17(3)28(15-6-2)24(32)22-27-14-13-26(4,35-27)21(25(33)34)20(27)23(31)29(22)19(16-30)18-11-8-7-9-12-18/h6-9,11-12,17,19-22,30H,2,5,10,13-16H2,1,3-4H3,(H,33,34)/t17?,19-,20+,21-,22?,26+,27?/m1/s1. The zero-order chi connectivity index (χ0) is 25.5. The molecule has 3 saturated heterocycles. The molecule has 2 amide bonds. The van der Waals surface area contributed by atoms with Crippen molar-refractivity contribution < 1.29 is 24.6 Å². The van der Waals surface area contributed by atoms with Gasteiger partial charge in [0.2, 0.25) is 11.8 Å². The molecular formula is C27H36N2O5S. The van der Waals surface area contributed by atoms with Crippen LogP contribution in [-0.4, -0.2) is 72.5 Å². The smallest absolute Gasteiger partial charge is 0.308 e. The number of hydrogen-bond acceptors (Lipinski definition) is 5. The Morgan fingerprint density at radius 3 is 2.57 bits per heavy atom. The van der Waals surface area contributed by atoms with Crippen LogP contribution in [0.3, 0.4) is 0 Å². The van der Waals surface area contributed by atoms with Gasteiger partial charge in [0.15, 0.2) is 0 Å². The Bertz CT molecular complexity index is 1000. The Kier molecular flexibility index (Phi) is 7.08. The number of rotatable bonds is 10. The molecule has 0 radical (unpaired) electrons. The Labute approximate surface area is 211 Å². The monoisotopic (exact) mass is 500 g/mol. The van der Waals surface area contributed by atoms with Gasteiger partial charge in [0.1, 0.15) is 6.04 Å². The van der Waals surface area contributed by atoms with Gasteiger partial charge in [-0.05, 0) is 38.7 Å². The van der Waals surface area contributed by atoms with Gasteiger partial charge in [0.25, 0.3) is 0 Å². The maximum absolute atomic E-state index is 14.4. The number of carboxylic acids is 1. The molecule has 3 unspecified atom stereocenters. The molecule has 190 valence electrons. The summed E-state index contributed by atoms with van der Waals surface area (Å²) >= 11 is 1.52. The van der Waals surface area contributed by atoms with Crippen LogP contribution in [0.1, 0.15) is 58.1 Å². The van der Waals surface area contributed by atoms with Crippen molar-refractivity contribution >= 4 is 29.5 Å². The molecule has 35 heavy (non-hydrogen) atoms. The zero-order valence-electron chi connectivity index (χ0n) is 20.7. The zero-order valence-corrected chi connectivity index (χ0v) is 21.5. The first-order chi connectivity index (χ1) is 16.7. The Morgan fingerprint density at radius 2 is 2.00 bits per heavy atom. The molecule has 3 aliphatic heterocycles. The lowest BCUT2D eigenvalue weighted by molar-refractivity contribution is -0.151. The highest BCUT2D eigenvalue weighted by Gasteiger charge is 2.78. The number of carbonyl (C=O) groups is 3. The van der Waals surface area contributed by atoms with Crippen LogP contribution in [0.25, 0.3) is 0 Å². The van der Waals surface area contributed by atoms with Gasteiger partial charge in [-0.2, -0.15) is 0 Å². The fraction of sp³-hybridized carbons (Fsp3) is 0.593. The van der Waals surface area contributed by atoms with Crippen LogP contribution >= 0.6 is 11.8 Å². The van der Waals surface area contributed by atoms with E-state index in [0.717, 1.165) is 18.4 Å². The molecule has 0 aromatic heterocycles. The van der Waals surface area contributed by atoms with E-state index in [9.17, 15) is 24.6 Å². The number of carboxylic acid groups (broad SMARTS) is 1. The van der Waals surface area contributed by atoms with Gasteiger partial charge in [-0.1, -0.05) is 49.8 Å². The first-order valence-electron chi connectivity index (χ1n) is 12.5. The molecule has 3 fully saturated rings. The van der Waals surface area contributed by atoms with Crippen LogP contribution in [0.2, 0.25) is 0 Å². The summed E-state index contributed by atoms with van der Waals surface area (Å²) in [5, 5.41) is 20.7. The number of amides is 2. The van der Waals surface area contributed by atoms with E-state index in [1.807, 2.05) is 44.2 Å². The van der Waals surface area contributed by atoms with Gasteiger partial charge in [-0.25, -0.2) is 0 Å². The third-order valence-electron chi connectivity index (χ3n) is 8.25. The van der Waals surface area contributed by atoms with Crippen molar-refractivity contribution in [3.05, 3.63) is 48.6 Å². The van der Waals surface area contributed by atoms with Crippen molar-refractivity contribution in [1.82, 2.24) is 9.80 Å². The number of nitrogens with zero attached hydrogens (tertiary/aromatic N) is 2. The maximum Gasteiger partial charge on any atom is 0.308 e. The van der Waals surface area contributed by atoms with E-state index in [1.54, 1.807) is 11.0 Å². The fourth-order valence-corrected chi connectivity index (χ4v) is 9.07. The van der Waals surface area contributed by atoms with E-state index in [2.05, 4.69) is 13.5 Å². The predicted octanol–water partition coefficient (Wildman–Crippen LogP) is 3.49. The molecule has 1 aromatic rings. The fourth-order valence-electron chi connectivity index (χ4n) is 6.74. The number of thioether (sulfide) groups is 1. The Morgan fingerprint density at radius 1 is 1.31 bits per heavy atom.